The molecule has 0 spiro atoms. The van der Waals surface area contributed by atoms with Gasteiger partial charge in [0.1, 0.15) is 11.9 Å². The molecule has 2 N–H and O–H groups in total. The summed E-state index contributed by atoms with van der Waals surface area (Å²) < 4.78 is 2.79. The van der Waals surface area contributed by atoms with Crippen LogP contribution in [0.1, 0.15) is 46.8 Å². The van der Waals surface area contributed by atoms with Gasteiger partial charge in [-0.25, -0.2) is 4.98 Å². The number of aryl methyl sites for hydroxylation is 1. The zero-order valence-electron chi connectivity index (χ0n) is 12.9. The summed E-state index contributed by atoms with van der Waals surface area (Å²) in [5.41, 5.74) is 1.53. The number of piperazine rings is 1. The number of H-pyrrole nitrogens is 1. The zero-order chi connectivity index (χ0) is 16.0. The van der Waals surface area contributed by atoms with Crippen molar-refractivity contribution in [1.82, 2.24) is 30.0 Å². The van der Waals surface area contributed by atoms with Gasteiger partial charge in [0.2, 0.25) is 0 Å². The Bertz CT molecular complexity index is 734. The molecule has 0 radical (unpaired) electrons. The molecule has 1 unspecified atom stereocenters. The topological polar surface area (TPSA) is 78.8 Å². The number of rotatable bonds is 3. The van der Waals surface area contributed by atoms with E-state index in [-0.39, 0.29) is 11.9 Å². The molecule has 122 valence electrons. The lowest BCUT2D eigenvalue weighted by molar-refractivity contribution is 0.0613. The Hall–Kier alpha value is -1.67. The summed E-state index contributed by atoms with van der Waals surface area (Å²) in [5, 5.41) is 10.7. The van der Waals surface area contributed by atoms with Crippen LogP contribution >= 0.6 is 15.9 Å². The molecule has 2 fully saturated rings. The maximum Gasteiger partial charge on any atom is 0.276 e. The van der Waals surface area contributed by atoms with Crippen LogP contribution < -0.4 is 5.32 Å². The molecule has 1 aliphatic carbocycles. The van der Waals surface area contributed by atoms with Crippen LogP contribution in [0.2, 0.25) is 0 Å². The number of nitrogens with zero attached hydrogens (tertiary/aromatic N) is 4. The predicted molar refractivity (Wildman–Crippen MR) is 88.1 cm³/mol. The zero-order valence-corrected chi connectivity index (χ0v) is 14.5. The lowest BCUT2D eigenvalue weighted by Crippen LogP contribution is -2.49. The van der Waals surface area contributed by atoms with Gasteiger partial charge in [0.05, 0.1) is 10.2 Å². The molecule has 8 heteroatoms. The third-order valence-electron chi connectivity index (χ3n) is 4.58. The first-order valence-electron chi connectivity index (χ1n) is 7.89. The van der Waals surface area contributed by atoms with E-state index in [4.69, 9.17) is 0 Å². The minimum atomic E-state index is -0.0794. The van der Waals surface area contributed by atoms with Crippen molar-refractivity contribution in [1.29, 1.82) is 0 Å². The van der Waals surface area contributed by atoms with Crippen molar-refractivity contribution in [3.8, 4) is 0 Å². The minimum Gasteiger partial charge on any atom is -0.336 e. The van der Waals surface area contributed by atoms with Crippen molar-refractivity contribution in [2.45, 2.75) is 24.8 Å². The summed E-state index contributed by atoms with van der Waals surface area (Å²) in [6, 6.07) is -0.0794. The van der Waals surface area contributed by atoms with Gasteiger partial charge in [-0.15, -0.1) is 0 Å². The Kier molecular flexibility index (Phi) is 3.73. The van der Waals surface area contributed by atoms with Crippen molar-refractivity contribution in [2.24, 2.45) is 7.05 Å². The summed E-state index contributed by atoms with van der Waals surface area (Å²) in [6.45, 7) is 2.13. The normalized spacial score (nSPS) is 21.7. The van der Waals surface area contributed by atoms with E-state index >= 15 is 0 Å². The van der Waals surface area contributed by atoms with Crippen molar-refractivity contribution >= 4 is 21.8 Å². The van der Waals surface area contributed by atoms with Crippen molar-refractivity contribution in [3.05, 3.63) is 34.1 Å². The van der Waals surface area contributed by atoms with E-state index in [0.29, 0.717) is 24.7 Å². The van der Waals surface area contributed by atoms with Crippen LogP contribution in [0, 0.1) is 0 Å². The highest BCUT2D eigenvalue weighted by Crippen LogP contribution is 2.43. The van der Waals surface area contributed by atoms with E-state index < -0.39 is 0 Å². The Balaban J connectivity index is 1.64. The molecule has 4 rings (SSSR count). The smallest absolute Gasteiger partial charge is 0.276 e. The number of aromatic nitrogens is 4. The van der Waals surface area contributed by atoms with Gasteiger partial charge >= 0.3 is 0 Å². The van der Waals surface area contributed by atoms with Crippen LogP contribution in [0.15, 0.2) is 16.9 Å². The van der Waals surface area contributed by atoms with Crippen LogP contribution in [0.25, 0.3) is 0 Å². The van der Waals surface area contributed by atoms with E-state index in [1.807, 2.05) is 22.7 Å². The Morgan fingerprint density at radius 3 is 2.96 bits per heavy atom. The number of nitrogens with one attached hydrogen (secondary N) is 2. The lowest BCUT2D eigenvalue weighted by Gasteiger charge is -2.35. The molecule has 1 saturated carbocycles. The van der Waals surface area contributed by atoms with Gasteiger partial charge in [-0.2, -0.15) is 5.10 Å². The standard InChI is InChI=1S/C15H19BrN6O/c1-21-6-5-18-14(21)10-8-17-4-7-22(10)15(23)13-11(16)12(19-20-13)9-2-3-9/h5-6,9-10,17H,2-4,7-8H2,1H3,(H,19,20). The van der Waals surface area contributed by atoms with Crippen molar-refractivity contribution < 1.29 is 4.79 Å². The second-order valence-electron chi connectivity index (χ2n) is 6.19. The van der Waals surface area contributed by atoms with E-state index in [1.54, 1.807) is 6.20 Å². The van der Waals surface area contributed by atoms with E-state index in [9.17, 15) is 4.79 Å². The molecule has 0 aromatic carbocycles. The highest BCUT2D eigenvalue weighted by Gasteiger charge is 2.35. The molecular weight excluding hydrogens is 360 g/mol. The maximum absolute atomic E-state index is 13.0. The van der Waals surface area contributed by atoms with Gasteiger partial charge in [0, 0.05) is 45.0 Å². The molecule has 1 atom stereocenters. The van der Waals surface area contributed by atoms with Gasteiger partial charge < -0.3 is 14.8 Å². The number of carbonyl (C=O) groups is 1. The third-order valence-corrected chi connectivity index (χ3v) is 5.38. The Labute approximate surface area is 142 Å². The molecule has 2 aromatic heterocycles. The van der Waals surface area contributed by atoms with Crippen LogP contribution in [0.3, 0.4) is 0 Å². The molecule has 3 heterocycles. The first-order valence-corrected chi connectivity index (χ1v) is 8.68. The average molecular weight is 379 g/mol. The minimum absolute atomic E-state index is 0.0467. The van der Waals surface area contributed by atoms with E-state index in [1.165, 1.54) is 0 Å². The van der Waals surface area contributed by atoms with Crippen LogP contribution in [0.4, 0.5) is 0 Å². The molecule has 0 bridgehead atoms. The second-order valence-corrected chi connectivity index (χ2v) is 6.98. The predicted octanol–water partition coefficient (Wildman–Crippen LogP) is 1.57. The van der Waals surface area contributed by atoms with E-state index in [2.05, 4.69) is 36.4 Å². The number of imidazole rings is 1. The van der Waals surface area contributed by atoms with Gasteiger partial charge in [0.15, 0.2) is 5.69 Å². The first kappa shape index (κ1) is 14.9. The Morgan fingerprint density at radius 2 is 2.26 bits per heavy atom. The largest absolute Gasteiger partial charge is 0.336 e. The lowest BCUT2D eigenvalue weighted by atomic mass is 10.1. The fraction of sp³-hybridized carbons (Fsp3) is 0.533. The van der Waals surface area contributed by atoms with Crippen molar-refractivity contribution in [2.75, 3.05) is 19.6 Å². The fourth-order valence-electron chi connectivity index (χ4n) is 3.14. The SMILES string of the molecule is Cn1ccnc1C1CNCCN1C(=O)c1n[nH]c(C2CC2)c1Br. The number of hydrogen-bond donors (Lipinski definition) is 2. The van der Waals surface area contributed by atoms with Gasteiger partial charge in [-0.05, 0) is 28.8 Å². The second kappa shape index (κ2) is 5.76. The molecule has 2 aromatic rings. The molecule has 1 amide bonds. The molecule has 2 aliphatic rings. The van der Waals surface area contributed by atoms with Crippen LogP contribution in [0.5, 0.6) is 0 Å². The van der Waals surface area contributed by atoms with E-state index in [0.717, 1.165) is 35.4 Å². The Morgan fingerprint density at radius 1 is 1.43 bits per heavy atom. The molecule has 1 aliphatic heterocycles. The monoisotopic (exact) mass is 378 g/mol. The average Bonchev–Trinajstić information content (AvgIpc) is 3.20. The summed E-state index contributed by atoms with van der Waals surface area (Å²) in [5.74, 6) is 1.36. The number of aromatic amines is 1. The van der Waals surface area contributed by atoms with Crippen LogP contribution in [-0.4, -0.2) is 50.2 Å². The molecule has 7 nitrogen and oxygen atoms in total. The maximum atomic E-state index is 13.0. The quantitative estimate of drug-likeness (QED) is 0.849. The third kappa shape index (κ3) is 2.59. The van der Waals surface area contributed by atoms with Crippen LogP contribution in [-0.2, 0) is 7.05 Å². The van der Waals surface area contributed by atoms with Gasteiger partial charge in [-0.3, -0.25) is 9.89 Å². The molecular formula is C15H19BrN6O. The summed E-state index contributed by atoms with van der Waals surface area (Å²) in [4.78, 5) is 19.3. The fourth-order valence-corrected chi connectivity index (χ4v) is 3.81. The molecule has 1 saturated heterocycles. The molecule has 23 heavy (non-hydrogen) atoms. The van der Waals surface area contributed by atoms with Crippen molar-refractivity contribution in [3.63, 3.8) is 0 Å². The first-order chi connectivity index (χ1) is 11.2. The van der Waals surface area contributed by atoms with Gasteiger partial charge in [-0.1, -0.05) is 0 Å². The van der Waals surface area contributed by atoms with Gasteiger partial charge in [0.25, 0.3) is 5.91 Å². The highest BCUT2D eigenvalue weighted by atomic mass is 79.9. The highest BCUT2D eigenvalue weighted by molar-refractivity contribution is 9.10. The summed E-state index contributed by atoms with van der Waals surface area (Å²) in [6.07, 6.45) is 6.00. The summed E-state index contributed by atoms with van der Waals surface area (Å²) in [7, 11) is 1.95. The number of halogens is 1. The number of carbonyl (C=O) groups excluding carboxylic acids is 1. The summed E-state index contributed by atoms with van der Waals surface area (Å²) >= 11 is 3.56. The number of amides is 1. The number of hydrogen-bond acceptors (Lipinski definition) is 4.